The Bertz CT molecular complexity index is 390. The van der Waals surface area contributed by atoms with Crippen LogP contribution in [0.15, 0.2) is 4.99 Å². The summed E-state index contributed by atoms with van der Waals surface area (Å²) in [7, 11) is 1.14. The van der Waals surface area contributed by atoms with Gasteiger partial charge in [0.15, 0.2) is 5.96 Å². The zero-order valence-electron chi connectivity index (χ0n) is 13.4. The van der Waals surface area contributed by atoms with Crippen molar-refractivity contribution in [1.82, 2.24) is 15.1 Å². The summed E-state index contributed by atoms with van der Waals surface area (Å²) in [5, 5.41) is 3.09. The predicted molar refractivity (Wildman–Crippen MR) is 79.6 cm³/mol. The molecule has 0 radical (unpaired) electrons. The van der Waals surface area contributed by atoms with Crippen molar-refractivity contribution in [3.63, 3.8) is 0 Å². The van der Waals surface area contributed by atoms with E-state index in [0.29, 0.717) is 23.3 Å². The predicted octanol–water partition coefficient (Wildman–Crippen LogP) is 1.70. The molecule has 22 heavy (non-hydrogen) atoms. The van der Waals surface area contributed by atoms with Crippen LogP contribution in [0, 0.1) is 5.92 Å². The van der Waals surface area contributed by atoms with Crippen molar-refractivity contribution in [2.24, 2.45) is 10.9 Å². The zero-order valence-corrected chi connectivity index (χ0v) is 13.4. The third kappa shape index (κ3) is 6.53. The average Bonchev–Trinajstić information content (AvgIpc) is 2.42. The molecule has 128 valence electrons. The number of guanidine groups is 1. The van der Waals surface area contributed by atoms with Gasteiger partial charge in [0.25, 0.3) is 0 Å². The molecule has 1 saturated heterocycles. The van der Waals surface area contributed by atoms with Gasteiger partial charge in [-0.1, -0.05) is 6.92 Å². The molecule has 5 nitrogen and oxygen atoms in total. The van der Waals surface area contributed by atoms with Gasteiger partial charge in [0.2, 0.25) is 5.91 Å². The normalized spacial score (nSPS) is 17.5. The molecule has 1 rings (SSSR count). The van der Waals surface area contributed by atoms with E-state index in [-0.39, 0.29) is 6.54 Å². The highest BCUT2D eigenvalue weighted by Crippen LogP contribution is 2.17. The maximum absolute atomic E-state index is 12.3. The second-order valence-corrected chi connectivity index (χ2v) is 5.70. The Labute approximate surface area is 129 Å². The first-order valence-corrected chi connectivity index (χ1v) is 7.57. The number of hydrogen-bond acceptors (Lipinski definition) is 2. The first-order chi connectivity index (χ1) is 10.2. The largest absolute Gasteiger partial charge is 0.406 e. The minimum atomic E-state index is -4.39. The van der Waals surface area contributed by atoms with Crippen LogP contribution in [0.4, 0.5) is 13.2 Å². The van der Waals surface area contributed by atoms with Crippen LogP contribution >= 0.6 is 0 Å². The molecular formula is C14H25F3N4O. The Kier molecular flexibility index (Phi) is 6.96. The maximum Gasteiger partial charge on any atom is 0.406 e. The van der Waals surface area contributed by atoms with Gasteiger partial charge >= 0.3 is 6.18 Å². The maximum atomic E-state index is 12.3. The lowest BCUT2D eigenvalue weighted by Crippen LogP contribution is -2.46. The fraction of sp³-hybridized carbons (Fsp3) is 0.857. The van der Waals surface area contributed by atoms with E-state index in [0.717, 1.165) is 33.0 Å². The van der Waals surface area contributed by atoms with Crippen LogP contribution in [0.3, 0.4) is 0 Å². The van der Waals surface area contributed by atoms with Gasteiger partial charge < -0.3 is 15.1 Å². The summed E-state index contributed by atoms with van der Waals surface area (Å²) in [5.74, 6) is 0.625. The van der Waals surface area contributed by atoms with Crippen molar-refractivity contribution in [1.29, 1.82) is 0 Å². The van der Waals surface area contributed by atoms with Gasteiger partial charge in [-0.2, -0.15) is 13.2 Å². The molecule has 0 atom stereocenters. The lowest BCUT2D eigenvalue weighted by molar-refractivity contribution is -0.157. The van der Waals surface area contributed by atoms with E-state index in [1.807, 2.05) is 6.92 Å². The molecule has 1 aliphatic rings. The van der Waals surface area contributed by atoms with Crippen molar-refractivity contribution < 1.29 is 18.0 Å². The smallest absolute Gasteiger partial charge is 0.357 e. The number of amides is 1. The highest BCUT2D eigenvalue weighted by molar-refractivity contribution is 5.85. The van der Waals surface area contributed by atoms with Crippen LogP contribution in [0.1, 0.15) is 26.7 Å². The molecule has 1 heterocycles. The van der Waals surface area contributed by atoms with Crippen molar-refractivity contribution in [3.05, 3.63) is 0 Å². The Balaban J connectivity index is 2.59. The molecule has 0 aliphatic carbocycles. The third-order valence-electron chi connectivity index (χ3n) is 3.62. The molecule has 0 aromatic heterocycles. The molecule has 1 amide bonds. The fourth-order valence-electron chi connectivity index (χ4n) is 2.27. The van der Waals surface area contributed by atoms with Crippen molar-refractivity contribution in [3.8, 4) is 0 Å². The molecule has 0 aromatic rings. The minimum absolute atomic E-state index is 0.277. The highest BCUT2D eigenvalue weighted by Gasteiger charge is 2.31. The van der Waals surface area contributed by atoms with Gasteiger partial charge in [-0.25, -0.2) is 4.99 Å². The van der Waals surface area contributed by atoms with Crippen molar-refractivity contribution >= 4 is 11.9 Å². The number of carbonyl (C=O) groups is 1. The average molecular weight is 322 g/mol. The number of nitrogens with one attached hydrogen (secondary N) is 1. The molecule has 0 unspecified atom stereocenters. The number of likely N-dealkylation sites (tertiary alicyclic amines) is 1. The summed E-state index contributed by atoms with van der Waals surface area (Å²) in [5.41, 5.74) is 0. The van der Waals surface area contributed by atoms with Crippen molar-refractivity contribution in [2.75, 3.05) is 39.8 Å². The zero-order chi connectivity index (χ0) is 16.8. The summed E-state index contributed by atoms with van der Waals surface area (Å²) < 4.78 is 36.8. The molecule has 1 N–H and O–H groups in total. The summed E-state index contributed by atoms with van der Waals surface area (Å²) >= 11 is 0. The number of piperidine rings is 1. The van der Waals surface area contributed by atoms with Crippen LogP contribution in [-0.2, 0) is 4.79 Å². The molecule has 0 saturated carbocycles. The van der Waals surface area contributed by atoms with E-state index in [2.05, 4.69) is 22.1 Å². The van der Waals surface area contributed by atoms with Crippen LogP contribution < -0.4 is 5.32 Å². The minimum Gasteiger partial charge on any atom is -0.357 e. The Morgan fingerprint density at radius 1 is 1.36 bits per heavy atom. The van der Waals surface area contributed by atoms with Gasteiger partial charge in [-0.15, -0.1) is 0 Å². The monoisotopic (exact) mass is 322 g/mol. The summed E-state index contributed by atoms with van der Waals surface area (Å²) in [6.45, 7) is 4.92. The van der Waals surface area contributed by atoms with Crippen LogP contribution in [0.25, 0.3) is 0 Å². The number of carbonyl (C=O) groups excluding carboxylic acids is 1. The second-order valence-electron chi connectivity index (χ2n) is 5.70. The standard InChI is InChI=1S/C14H25F3N4O/c1-4-18-13(21-7-5-11(2)6-8-21)19-9-12(22)20(3)10-14(15,16)17/h11H,4-10H2,1-3H3,(H,18,19). The van der Waals surface area contributed by atoms with Gasteiger partial charge in [0, 0.05) is 26.7 Å². The number of hydrogen-bond donors (Lipinski definition) is 1. The van der Waals surface area contributed by atoms with E-state index < -0.39 is 18.6 Å². The third-order valence-corrected chi connectivity index (χ3v) is 3.62. The van der Waals surface area contributed by atoms with Crippen LogP contribution in [-0.4, -0.2) is 67.6 Å². The molecule has 0 aromatic carbocycles. The first-order valence-electron chi connectivity index (χ1n) is 7.57. The fourth-order valence-corrected chi connectivity index (χ4v) is 2.27. The summed E-state index contributed by atoms with van der Waals surface area (Å²) in [6, 6.07) is 0. The lowest BCUT2D eigenvalue weighted by Gasteiger charge is -2.33. The number of alkyl halides is 3. The summed E-state index contributed by atoms with van der Waals surface area (Å²) in [4.78, 5) is 18.6. The van der Waals surface area contributed by atoms with Crippen LogP contribution in [0.2, 0.25) is 0 Å². The number of nitrogens with zero attached hydrogens (tertiary/aromatic N) is 3. The highest BCUT2D eigenvalue weighted by atomic mass is 19.4. The van der Waals surface area contributed by atoms with Gasteiger partial charge in [0.05, 0.1) is 0 Å². The quantitative estimate of drug-likeness (QED) is 0.633. The number of halogens is 3. The lowest BCUT2D eigenvalue weighted by atomic mass is 10.00. The summed E-state index contributed by atoms with van der Waals surface area (Å²) in [6.07, 6.45) is -2.29. The Hall–Kier alpha value is -1.47. The molecular weight excluding hydrogens is 297 g/mol. The van der Waals surface area contributed by atoms with E-state index in [9.17, 15) is 18.0 Å². The second kappa shape index (κ2) is 8.24. The number of aliphatic imine (C=N–C) groups is 1. The molecule has 1 aliphatic heterocycles. The van der Waals surface area contributed by atoms with E-state index in [1.165, 1.54) is 0 Å². The van der Waals surface area contributed by atoms with E-state index >= 15 is 0 Å². The number of rotatable bonds is 4. The topological polar surface area (TPSA) is 47.9 Å². The van der Waals surface area contributed by atoms with Crippen LogP contribution in [0.5, 0.6) is 0 Å². The molecule has 0 spiro atoms. The SMILES string of the molecule is CCNC(=NCC(=O)N(C)CC(F)(F)F)N1CCC(C)CC1. The number of likely N-dealkylation sites (N-methyl/N-ethyl adjacent to an activating group) is 1. The first kappa shape index (κ1) is 18.6. The Morgan fingerprint density at radius 2 is 1.95 bits per heavy atom. The van der Waals surface area contributed by atoms with Gasteiger partial charge in [-0.3, -0.25) is 4.79 Å². The van der Waals surface area contributed by atoms with E-state index in [4.69, 9.17) is 0 Å². The Morgan fingerprint density at radius 3 is 2.45 bits per heavy atom. The van der Waals surface area contributed by atoms with Gasteiger partial charge in [-0.05, 0) is 25.7 Å². The van der Waals surface area contributed by atoms with Gasteiger partial charge in [0.1, 0.15) is 13.1 Å². The molecule has 1 fully saturated rings. The molecule has 8 heteroatoms. The van der Waals surface area contributed by atoms with E-state index in [1.54, 1.807) is 0 Å². The molecule has 0 bridgehead atoms. The van der Waals surface area contributed by atoms with Crippen molar-refractivity contribution in [2.45, 2.75) is 32.9 Å².